The van der Waals surface area contributed by atoms with Crippen LogP contribution in [0, 0.1) is 6.92 Å². The van der Waals surface area contributed by atoms with E-state index in [2.05, 4.69) is 15.3 Å². The van der Waals surface area contributed by atoms with Crippen LogP contribution < -0.4 is 15.0 Å². The highest BCUT2D eigenvalue weighted by Gasteiger charge is 2.28. The van der Waals surface area contributed by atoms with E-state index in [4.69, 9.17) is 25.8 Å². The number of aryl methyl sites for hydroxylation is 1. The van der Waals surface area contributed by atoms with Crippen LogP contribution in [0.2, 0.25) is 5.02 Å². The Balaban J connectivity index is 1.71. The van der Waals surface area contributed by atoms with Gasteiger partial charge in [0.1, 0.15) is 23.5 Å². The molecule has 1 N–H and O–H groups in total. The number of rotatable bonds is 4. The van der Waals surface area contributed by atoms with Crippen molar-refractivity contribution in [3.63, 3.8) is 0 Å². The van der Waals surface area contributed by atoms with Gasteiger partial charge in [-0.1, -0.05) is 11.6 Å². The first-order valence-corrected chi connectivity index (χ1v) is 12.7. The van der Waals surface area contributed by atoms with Crippen LogP contribution in [0.3, 0.4) is 0 Å². The van der Waals surface area contributed by atoms with Crippen LogP contribution >= 0.6 is 11.6 Å². The Kier molecular flexibility index (Phi) is 8.11. The number of halogens is 1. The van der Waals surface area contributed by atoms with E-state index < -0.39 is 17.8 Å². The zero-order chi connectivity index (χ0) is 27.4. The van der Waals surface area contributed by atoms with Crippen molar-refractivity contribution < 1.29 is 23.8 Å². The Morgan fingerprint density at radius 1 is 1.13 bits per heavy atom. The molecule has 0 bridgehead atoms. The Morgan fingerprint density at radius 2 is 1.92 bits per heavy atom. The minimum Gasteiger partial charge on any atom is -0.494 e. The SMILES string of the molecule is COc1cc2ncnc(Nc3ccc(Cl)cc3C)c2cc1N1CCN(C(=O)OC(C)(C)C)CCCOC1=O. The monoisotopic (exact) mass is 541 g/mol. The molecule has 0 atom stereocenters. The number of carbonyl (C=O) groups is 2. The minimum absolute atomic E-state index is 0.163. The van der Waals surface area contributed by atoms with E-state index >= 15 is 0 Å². The van der Waals surface area contributed by atoms with Crippen molar-refractivity contribution >= 4 is 51.9 Å². The molecular formula is C27H32ClN5O5. The molecule has 11 heteroatoms. The van der Waals surface area contributed by atoms with E-state index in [0.717, 1.165) is 11.3 Å². The van der Waals surface area contributed by atoms with Crippen LogP contribution in [-0.4, -0.2) is 66.0 Å². The van der Waals surface area contributed by atoms with E-state index in [1.165, 1.54) is 18.3 Å². The van der Waals surface area contributed by atoms with Crippen LogP contribution in [0.1, 0.15) is 32.8 Å². The normalized spacial score (nSPS) is 14.8. The van der Waals surface area contributed by atoms with Crippen molar-refractivity contribution in [3.05, 3.63) is 47.2 Å². The maximum atomic E-state index is 13.1. The van der Waals surface area contributed by atoms with Gasteiger partial charge < -0.3 is 24.4 Å². The van der Waals surface area contributed by atoms with Gasteiger partial charge in [0, 0.05) is 41.8 Å². The smallest absolute Gasteiger partial charge is 0.414 e. The fourth-order valence-electron chi connectivity index (χ4n) is 4.09. The molecule has 0 spiro atoms. The number of ether oxygens (including phenoxy) is 3. The molecule has 1 saturated heterocycles. The number of cyclic esters (lactones) is 1. The molecule has 0 aliphatic carbocycles. The highest BCUT2D eigenvalue weighted by atomic mass is 35.5. The summed E-state index contributed by atoms with van der Waals surface area (Å²) in [5.74, 6) is 0.988. The van der Waals surface area contributed by atoms with Crippen molar-refractivity contribution in [2.75, 3.05) is 43.6 Å². The van der Waals surface area contributed by atoms with Crippen LogP contribution in [0.5, 0.6) is 5.75 Å². The number of nitrogens with zero attached hydrogens (tertiary/aromatic N) is 4. The van der Waals surface area contributed by atoms with E-state index in [9.17, 15) is 9.59 Å². The Labute approximate surface area is 226 Å². The van der Waals surface area contributed by atoms with E-state index in [1.807, 2.05) is 39.8 Å². The van der Waals surface area contributed by atoms with Crippen LogP contribution in [-0.2, 0) is 9.47 Å². The molecule has 10 nitrogen and oxygen atoms in total. The number of aromatic nitrogens is 2. The number of benzene rings is 2. The molecule has 3 aromatic rings. The summed E-state index contributed by atoms with van der Waals surface area (Å²) in [6, 6.07) is 9.07. The molecular weight excluding hydrogens is 510 g/mol. The van der Waals surface area contributed by atoms with Gasteiger partial charge in [-0.25, -0.2) is 19.6 Å². The lowest BCUT2D eigenvalue weighted by molar-refractivity contribution is 0.0251. The average molecular weight is 542 g/mol. The molecule has 0 unspecified atom stereocenters. The van der Waals surface area contributed by atoms with Gasteiger partial charge in [-0.2, -0.15) is 0 Å². The van der Waals surface area contributed by atoms with Crippen molar-refractivity contribution in [2.24, 2.45) is 0 Å². The second-order valence-electron chi connectivity index (χ2n) is 9.93. The van der Waals surface area contributed by atoms with E-state index in [0.29, 0.717) is 46.1 Å². The molecule has 1 aliphatic heterocycles. The third kappa shape index (κ3) is 6.36. The Morgan fingerprint density at radius 3 is 2.63 bits per heavy atom. The summed E-state index contributed by atoms with van der Waals surface area (Å²) < 4.78 is 16.7. The topological polar surface area (TPSA) is 106 Å². The fourth-order valence-corrected chi connectivity index (χ4v) is 4.31. The van der Waals surface area contributed by atoms with Gasteiger partial charge in [-0.3, -0.25) is 4.90 Å². The molecule has 38 heavy (non-hydrogen) atoms. The van der Waals surface area contributed by atoms with Crippen LogP contribution in [0.4, 0.5) is 26.8 Å². The lowest BCUT2D eigenvalue weighted by atomic mass is 10.1. The van der Waals surface area contributed by atoms with Crippen LogP contribution in [0.15, 0.2) is 36.7 Å². The molecule has 1 fully saturated rings. The Bertz CT molecular complexity index is 1340. The number of carbonyl (C=O) groups excluding carboxylic acids is 2. The van der Waals surface area contributed by atoms with Gasteiger partial charge in [-0.05, 0) is 63.9 Å². The number of amides is 2. The Hall–Kier alpha value is -3.79. The highest BCUT2D eigenvalue weighted by Crippen LogP contribution is 2.36. The largest absolute Gasteiger partial charge is 0.494 e. The minimum atomic E-state index is -0.630. The van der Waals surface area contributed by atoms with Gasteiger partial charge in [0.2, 0.25) is 0 Å². The summed E-state index contributed by atoms with van der Waals surface area (Å²) in [5, 5.41) is 4.66. The first-order chi connectivity index (χ1) is 18.1. The van der Waals surface area contributed by atoms with Gasteiger partial charge >= 0.3 is 12.2 Å². The molecule has 202 valence electrons. The maximum absolute atomic E-state index is 13.1. The van der Waals surface area contributed by atoms with Gasteiger partial charge in [0.05, 0.1) is 24.9 Å². The van der Waals surface area contributed by atoms with Crippen molar-refractivity contribution in [3.8, 4) is 5.75 Å². The quantitative estimate of drug-likeness (QED) is 0.433. The first-order valence-electron chi connectivity index (χ1n) is 12.3. The highest BCUT2D eigenvalue weighted by molar-refractivity contribution is 6.30. The number of methoxy groups -OCH3 is 1. The average Bonchev–Trinajstić information content (AvgIpc) is 2.94. The van der Waals surface area contributed by atoms with Gasteiger partial charge in [0.25, 0.3) is 0 Å². The second kappa shape index (κ2) is 11.3. The summed E-state index contributed by atoms with van der Waals surface area (Å²) in [4.78, 5) is 37.8. The number of nitrogens with one attached hydrogen (secondary N) is 1. The molecule has 0 radical (unpaired) electrons. The van der Waals surface area contributed by atoms with Crippen molar-refractivity contribution in [1.82, 2.24) is 14.9 Å². The van der Waals surface area contributed by atoms with Crippen LogP contribution in [0.25, 0.3) is 10.9 Å². The summed E-state index contributed by atoms with van der Waals surface area (Å²) in [6.07, 6.45) is 0.988. The zero-order valence-electron chi connectivity index (χ0n) is 22.2. The number of hydrogen-bond acceptors (Lipinski definition) is 8. The van der Waals surface area contributed by atoms with Gasteiger partial charge in [-0.15, -0.1) is 0 Å². The molecule has 2 aromatic carbocycles. The molecule has 2 heterocycles. The lowest BCUT2D eigenvalue weighted by Gasteiger charge is -2.29. The van der Waals surface area contributed by atoms with E-state index in [1.54, 1.807) is 23.1 Å². The van der Waals surface area contributed by atoms with E-state index in [-0.39, 0.29) is 19.7 Å². The lowest BCUT2D eigenvalue weighted by Crippen LogP contribution is -2.42. The zero-order valence-corrected chi connectivity index (χ0v) is 23.0. The molecule has 1 aliphatic rings. The molecule has 1 aromatic heterocycles. The summed E-state index contributed by atoms with van der Waals surface area (Å²) in [5.41, 5.74) is 2.25. The third-order valence-electron chi connectivity index (χ3n) is 5.93. The molecule has 0 saturated carbocycles. The molecule has 2 amide bonds. The van der Waals surface area contributed by atoms with Gasteiger partial charge in [0.15, 0.2) is 0 Å². The number of hydrogen-bond donors (Lipinski definition) is 1. The van der Waals surface area contributed by atoms with Crippen molar-refractivity contribution in [1.29, 1.82) is 0 Å². The number of anilines is 3. The maximum Gasteiger partial charge on any atom is 0.414 e. The summed E-state index contributed by atoms with van der Waals surface area (Å²) in [6.45, 7) is 8.40. The predicted octanol–water partition coefficient (Wildman–Crippen LogP) is 5.93. The summed E-state index contributed by atoms with van der Waals surface area (Å²) >= 11 is 6.12. The summed E-state index contributed by atoms with van der Waals surface area (Å²) in [7, 11) is 1.52. The molecule has 4 rings (SSSR count). The van der Waals surface area contributed by atoms with Crippen molar-refractivity contribution in [2.45, 2.75) is 39.7 Å². The third-order valence-corrected chi connectivity index (χ3v) is 6.17. The second-order valence-corrected chi connectivity index (χ2v) is 10.4. The predicted molar refractivity (Wildman–Crippen MR) is 147 cm³/mol. The first kappa shape index (κ1) is 27.3. The fraction of sp³-hybridized carbons (Fsp3) is 0.407. The standard InChI is InChI=1S/C27H32ClN5O5/c1-17-13-18(28)7-8-20(17)31-24-19-14-22(23(36-5)15-21(19)29-16-30-24)33-11-10-32(9-6-12-37-26(33)35)25(34)38-27(2,3)4/h7-8,13-16H,6,9-12H2,1-5H3,(H,29,30,31). The number of fused-ring (bicyclic) bond motifs is 1.